The standard InChI is InChI=1S/C27H20ClN5OS2/c1-17(25(34)31-26-29-22(16-35-26)18-12-14-21(28)15-13-18)36-27-30-23(19-8-4-2-5-9-19)24(32-33-27)20-10-6-3-7-11-20/h2-17H,1H3,(H,29,31,34). The third-order valence-corrected chi connectivity index (χ3v) is 7.25. The normalized spacial score (nSPS) is 11.7. The van der Waals surface area contributed by atoms with Crippen molar-refractivity contribution in [3.8, 4) is 33.8 Å². The van der Waals surface area contributed by atoms with Crippen molar-refractivity contribution < 1.29 is 4.79 Å². The molecular formula is C27H20ClN5OS2. The van der Waals surface area contributed by atoms with E-state index in [2.05, 4.69) is 20.5 Å². The Morgan fingerprint density at radius 1 is 0.833 bits per heavy atom. The summed E-state index contributed by atoms with van der Waals surface area (Å²) in [6.07, 6.45) is 0. The van der Waals surface area contributed by atoms with Gasteiger partial charge < -0.3 is 5.32 Å². The molecule has 0 radical (unpaired) electrons. The molecule has 5 rings (SSSR count). The molecule has 0 saturated heterocycles. The van der Waals surface area contributed by atoms with E-state index >= 15 is 0 Å². The number of thiazole rings is 1. The van der Waals surface area contributed by atoms with E-state index in [1.165, 1.54) is 23.1 Å². The molecule has 36 heavy (non-hydrogen) atoms. The van der Waals surface area contributed by atoms with Gasteiger partial charge in [0.15, 0.2) is 5.13 Å². The number of halogens is 1. The number of hydrogen-bond acceptors (Lipinski definition) is 7. The van der Waals surface area contributed by atoms with Crippen molar-refractivity contribution in [1.29, 1.82) is 0 Å². The van der Waals surface area contributed by atoms with Crippen molar-refractivity contribution >= 4 is 45.7 Å². The van der Waals surface area contributed by atoms with Crippen LogP contribution in [0.25, 0.3) is 33.8 Å². The molecule has 0 aliphatic rings. The van der Waals surface area contributed by atoms with Crippen molar-refractivity contribution in [2.45, 2.75) is 17.3 Å². The predicted octanol–water partition coefficient (Wildman–Crippen LogP) is 7.10. The van der Waals surface area contributed by atoms with E-state index in [4.69, 9.17) is 16.6 Å². The first-order chi connectivity index (χ1) is 17.6. The van der Waals surface area contributed by atoms with Gasteiger partial charge in [0, 0.05) is 27.1 Å². The topological polar surface area (TPSA) is 80.7 Å². The molecule has 0 fully saturated rings. The first kappa shape index (κ1) is 24.1. The smallest absolute Gasteiger partial charge is 0.239 e. The Kier molecular flexibility index (Phi) is 7.36. The number of thioether (sulfide) groups is 1. The van der Waals surface area contributed by atoms with E-state index in [0.717, 1.165) is 28.1 Å². The van der Waals surface area contributed by atoms with Gasteiger partial charge >= 0.3 is 0 Å². The monoisotopic (exact) mass is 529 g/mol. The highest BCUT2D eigenvalue weighted by Gasteiger charge is 2.20. The van der Waals surface area contributed by atoms with Crippen molar-refractivity contribution in [3.63, 3.8) is 0 Å². The highest BCUT2D eigenvalue weighted by Crippen LogP contribution is 2.31. The van der Waals surface area contributed by atoms with Crippen molar-refractivity contribution in [2.24, 2.45) is 0 Å². The SMILES string of the molecule is CC(Sc1nnc(-c2ccccc2)c(-c2ccccc2)n1)C(=O)Nc1nc(-c2ccc(Cl)cc2)cs1. The van der Waals surface area contributed by atoms with Gasteiger partial charge in [0.05, 0.1) is 10.9 Å². The number of hydrogen-bond donors (Lipinski definition) is 1. The van der Waals surface area contributed by atoms with Crippen LogP contribution in [0.5, 0.6) is 0 Å². The molecule has 0 aliphatic carbocycles. The average Bonchev–Trinajstić information content (AvgIpc) is 3.38. The second kappa shape index (κ2) is 11.0. The zero-order chi connectivity index (χ0) is 24.9. The van der Waals surface area contributed by atoms with Crippen LogP contribution in [0.1, 0.15) is 6.92 Å². The number of aromatic nitrogens is 4. The van der Waals surface area contributed by atoms with Crippen LogP contribution >= 0.6 is 34.7 Å². The lowest BCUT2D eigenvalue weighted by Gasteiger charge is -2.12. The number of rotatable bonds is 7. The summed E-state index contributed by atoms with van der Waals surface area (Å²) in [4.78, 5) is 22.2. The largest absolute Gasteiger partial charge is 0.301 e. The highest BCUT2D eigenvalue weighted by atomic mass is 35.5. The lowest BCUT2D eigenvalue weighted by Crippen LogP contribution is -2.22. The number of nitrogens with one attached hydrogen (secondary N) is 1. The van der Waals surface area contributed by atoms with E-state index in [-0.39, 0.29) is 5.91 Å². The molecule has 9 heteroatoms. The summed E-state index contributed by atoms with van der Waals surface area (Å²) in [6.45, 7) is 1.81. The third kappa shape index (κ3) is 5.62. The summed E-state index contributed by atoms with van der Waals surface area (Å²) < 4.78 is 0. The lowest BCUT2D eigenvalue weighted by molar-refractivity contribution is -0.115. The molecule has 1 N–H and O–H groups in total. The Morgan fingerprint density at radius 2 is 1.47 bits per heavy atom. The number of benzene rings is 3. The molecule has 1 unspecified atom stereocenters. The van der Waals surface area contributed by atoms with Crippen LogP contribution in [-0.2, 0) is 4.79 Å². The second-order valence-corrected chi connectivity index (χ2v) is 10.4. The van der Waals surface area contributed by atoms with Crippen LogP contribution in [-0.4, -0.2) is 31.3 Å². The second-order valence-electron chi connectivity index (χ2n) is 7.82. The summed E-state index contributed by atoms with van der Waals surface area (Å²) in [5.74, 6) is -0.186. The van der Waals surface area contributed by atoms with Crippen LogP contribution in [0.4, 0.5) is 5.13 Å². The Morgan fingerprint density at radius 3 is 2.14 bits per heavy atom. The molecule has 178 valence electrons. The van der Waals surface area contributed by atoms with E-state index in [9.17, 15) is 4.79 Å². The fourth-order valence-corrected chi connectivity index (χ4v) is 5.01. The van der Waals surface area contributed by atoms with Crippen LogP contribution in [0.15, 0.2) is 95.5 Å². The number of amides is 1. The molecular weight excluding hydrogens is 510 g/mol. The molecule has 0 aliphatic heterocycles. The van der Waals surface area contributed by atoms with Crippen molar-refractivity contribution in [3.05, 3.63) is 95.3 Å². The van der Waals surface area contributed by atoms with E-state index < -0.39 is 5.25 Å². The first-order valence-electron chi connectivity index (χ1n) is 11.1. The van der Waals surface area contributed by atoms with Crippen molar-refractivity contribution in [2.75, 3.05) is 5.32 Å². The van der Waals surface area contributed by atoms with E-state index in [0.29, 0.717) is 21.0 Å². The first-order valence-corrected chi connectivity index (χ1v) is 13.2. The van der Waals surface area contributed by atoms with E-state index in [1.807, 2.05) is 97.2 Å². The summed E-state index contributed by atoms with van der Waals surface area (Å²) in [7, 11) is 0. The van der Waals surface area contributed by atoms with Gasteiger partial charge in [0.1, 0.15) is 11.4 Å². The summed E-state index contributed by atoms with van der Waals surface area (Å²) in [6, 6.07) is 27.1. The maximum atomic E-state index is 12.9. The molecule has 2 aromatic heterocycles. The molecule has 6 nitrogen and oxygen atoms in total. The average molecular weight is 530 g/mol. The van der Waals surface area contributed by atoms with Crippen LogP contribution < -0.4 is 5.32 Å². The van der Waals surface area contributed by atoms with Gasteiger partial charge in [0.2, 0.25) is 11.1 Å². The summed E-state index contributed by atoms with van der Waals surface area (Å²) >= 11 is 8.59. The van der Waals surface area contributed by atoms with Gasteiger partial charge in [-0.2, -0.15) is 0 Å². The van der Waals surface area contributed by atoms with Gasteiger partial charge in [-0.05, 0) is 19.1 Å². The van der Waals surface area contributed by atoms with Gasteiger partial charge in [-0.1, -0.05) is 96.2 Å². The maximum absolute atomic E-state index is 12.9. The quantitative estimate of drug-likeness (QED) is 0.226. The molecule has 5 aromatic rings. The minimum atomic E-state index is -0.458. The molecule has 1 amide bonds. The Labute approximate surface area is 221 Å². The van der Waals surface area contributed by atoms with Gasteiger partial charge in [-0.3, -0.25) is 4.79 Å². The lowest BCUT2D eigenvalue weighted by atomic mass is 10.0. The number of carbonyl (C=O) groups excluding carboxylic acids is 1. The third-order valence-electron chi connectivity index (χ3n) is 5.29. The van der Waals surface area contributed by atoms with Gasteiger partial charge in [-0.25, -0.2) is 9.97 Å². The molecule has 2 heterocycles. The Balaban J connectivity index is 1.33. The molecule has 0 bridgehead atoms. The minimum Gasteiger partial charge on any atom is -0.301 e. The number of nitrogens with zero attached hydrogens (tertiary/aromatic N) is 4. The summed E-state index contributed by atoms with van der Waals surface area (Å²) in [5.41, 5.74) is 5.00. The zero-order valence-electron chi connectivity index (χ0n) is 19.1. The number of anilines is 1. The molecule has 1 atom stereocenters. The van der Waals surface area contributed by atoms with Crippen LogP contribution in [0, 0.1) is 0 Å². The molecule has 3 aromatic carbocycles. The fourth-order valence-electron chi connectivity index (χ4n) is 3.45. The Hall–Kier alpha value is -3.59. The van der Waals surface area contributed by atoms with Crippen molar-refractivity contribution in [1.82, 2.24) is 20.2 Å². The zero-order valence-corrected chi connectivity index (χ0v) is 21.5. The van der Waals surface area contributed by atoms with E-state index in [1.54, 1.807) is 0 Å². The van der Waals surface area contributed by atoms with Crippen LogP contribution in [0.2, 0.25) is 5.02 Å². The fraction of sp³-hybridized carbons (Fsp3) is 0.0741. The molecule has 0 spiro atoms. The predicted molar refractivity (Wildman–Crippen MR) is 147 cm³/mol. The highest BCUT2D eigenvalue weighted by molar-refractivity contribution is 8.00. The number of carbonyl (C=O) groups is 1. The van der Waals surface area contributed by atoms with Crippen LogP contribution in [0.3, 0.4) is 0 Å². The Bertz CT molecular complexity index is 1480. The maximum Gasteiger partial charge on any atom is 0.239 e. The minimum absolute atomic E-state index is 0.186. The van der Waals surface area contributed by atoms with Gasteiger partial charge in [0.25, 0.3) is 0 Å². The van der Waals surface area contributed by atoms with Gasteiger partial charge in [-0.15, -0.1) is 21.5 Å². The molecule has 0 saturated carbocycles. The summed E-state index contributed by atoms with van der Waals surface area (Å²) in [5, 5.41) is 14.8.